The molecule has 1 saturated heterocycles. The summed E-state index contributed by atoms with van der Waals surface area (Å²) < 4.78 is 0. The number of nitrogens with one attached hydrogen (secondary N) is 3. The largest absolute Gasteiger partial charge is 0.358 e. The summed E-state index contributed by atoms with van der Waals surface area (Å²) in [5.41, 5.74) is 4.21. The van der Waals surface area contributed by atoms with Crippen molar-refractivity contribution in [1.82, 2.24) is 15.6 Å². The van der Waals surface area contributed by atoms with Crippen LogP contribution in [-0.4, -0.2) is 30.0 Å². The average Bonchev–Trinajstić information content (AvgIpc) is 2.75. The van der Waals surface area contributed by atoms with Gasteiger partial charge >= 0.3 is 0 Å². The van der Waals surface area contributed by atoms with Crippen LogP contribution in [0.15, 0.2) is 18.2 Å². The zero-order valence-corrected chi connectivity index (χ0v) is 12.0. The Kier molecular flexibility index (Phi) is 3.49. The number of aryl methyl sites for hydroxylation is 2. The molecule has 0 unspecified atom stereocenters. The molecular formula is C16H21N3O. The lowest BCUT2D eigenvalue weighted by Crippen LogP contribution is -2.45. The minimum atomic E-state index is 0.0267. The SMILES string of the molecule is Cc1[nH]c2ccc(C(=O)N[C@@H]3CCCNC3)cc2c1C. The molecule has 0 spiro atoms. The lowest BCUT2D eigenvalue weighted by Gasteiger charge is -2.23. The third-order valence-corrected chi connectivity index (χ3v) is 4.20. The van der Waals surface area contributed by atoms with E-state index in [0.717, 1.165) is 48.1 Å². The Bertz CT molecular complexity index is 638. The van der Waals surface area contributed by atoms with Crippen molar-refractivity contribution < 1.29 is 4.79 Å². The van der Waals surface area contributed by atoms with E-state index in [0.29, 0.717) is 0 Å². The summed E-state index contributed by atoms with van der Waals surface area (Å²) in [6, 6.07) is 6.12. The van der Waals surface area contributed by atoms with Gasteiger partial charge in [-0.15, -0.1) is 0 Å². The Morgan fingerprint density at radius 3 is 2.95 bits per heavy atom. The number of aromatic nitrogens is 1. The number of hydrogen-bond donors (Lipinski definition) is 3. The highest BCUT2D eigenvalue weighted by Gasteiger charge is 2.17. The molecule has 1 aliphatic heterocycles. The van der Waals surface area contributed by atoms with Crippen LogP contribution in [0.2, 0.25) is 0 Å². The van der Waals surface area contributed by atoms with Crippen LogP contribution < -0.4 is 10.6 Å². The van der Waals surface area contributed by atoms with Gasteiger partial charge in [0.15, 0.2) is 0 Å². The van der Waals surface area contributed by atoms with E-state index >= 15 is 0 Å². The smallest absolute Gasteiger partial charge is 0.251 e. The Hall–Kier alpha value is -1.81. The van der Waals surface area contributed by atoms with E-state index in [9.17, 15) is 4.79 Å². The molecule has 1 aliphatic rings. The van der Waals surface area contributed by atoms with Crippen LogP contribution in [0.5, 0.6) is 0 Å². The zero-order chi connectivity index (χ0) is 14.1. The second-order valence-corrected chi connectivity index (χ2v) is 5.65. The summed E-state index contributed by atoms with van der Waals surface area (Å²) in [6.45, 7) is 6.07. The van der Waals surface area contributed by atoms with Gasteiger partial charge in [-0.2, -0.15) is 0 Å². The van der Waals surface area contributed by atoms with Gasteiger partial charge in [-0.25, -0.2) is 0 Å². The molecule has 106 valence electrons. The van der Waals surface area contributed by atoms with Gasteiger partial charge in [0.05, 0.1) is 0 Å². The lowest BCUT2D eigenvalue weighted by molar-refractivity contribution is 0.0931. The van der Waals surface area contributed by atoms with Crippen molar-refractivity contribution in [1.29, 1.82) is 0 Å². The van der Waals surface area contributed by atoms with Crippen LogP contribution in [0.25, 0.3) is 10.9 Å². The van der Waals surface area contributed by atoms with Crippen molar-refractivity contribution in [3.8, 4) is 0 Å². The standard InChI is InChI=1S/C16H21N3O/c1-10-11(2)18-15-6-5-12(8-14(10)15)16(20)19-13-4-3-7-17-9-13/h5-6,8,13,17-18H,3-4,7,9H2,1-2H3,(H,19,20)/t13-/m1/s1. The van der Waals surface area contributed by atoms with Gasteiger partial charge in [0.25, 0.3) is 5.91 Å². The first kappa shape index (κ1) is 13.2. The van der Waals surface area contributed by atoms with Crippen molar-refractivity contribution in [3.05, 3.63) is 35.0 Å². The molecule has 1 aromatic carbocycles. The molecule has 2 aromatic rings. The Balaban J connectivity index is 1.82. The Morgan fingerprint density at radius 1 is 1.35 bits per heavy atom. The first-order valence-corrected chi connectivity index (χ1v) is 7.25. The van der Waals surface area contributed by atoms with E-state index in [-0.39, 0.29) is 11.9 Å². The number of carbonyl (C=O) groups is 1. The van der Waals surface area contributed by atoms with Gasteiger partial charge in [0, 0.05) is 34.7 Å². The van der Waals surface area contributed by atoms with E-state index in [2.05, 4.69) is 29.5 Å². The van der Waals surface area contributed by atoms with E-state index in [1.165, 1.54) is 5.56 Å². The number of hydrogen-bond acceptors (Lipinski definition) is 2. The Labute approximate surface area is 118 Å². The number of H-pyrrole nitrogens is 1. The average molecular weight is 271 g/mol. The molecule has 0 bridgehead atoms. The lowest BCUT2D eigenvalue weighted by atomic mass is 10.1. The predicted octanol–water partition coefficient (Wildman–Crippen LogP) is 2.27. The van der Waals surface area contributed by atoms with E-state index in [1.807, 2.05) is 18.2 Å². The second kappa shape index (κ2) is 5.29. The number of rotatable bonds is 2. The van der Waals surface area contributed by atoms with Crippen LogP contribution in [0.1, 0.15) is 34.5 Å². The van der Waals surface area contributed by atoms with E-state index in [4.69, 9.17) is 0 Å². The molecule has 1 fully saturated rings. The normalized spacial score (nSPS) is 19.2. The molecule has 4 nitrogen and oxygen atoms in total. The number of amides is 1. The van der Waals surface area contributed by atoms with Crippen molar-refractivity contribution in [3.63, 3.8) is 0 Å². The van der Waals surface area contributed by atoms with Crippen molar-refractivity contribution in [2.45, 2.75) is 32.7 Å². The van der Waals surface area contributed by atoms with Gasteiger partial charge in [-0.05, 0) is 57.0 Å². The van der Waals surface area contributed by atoms with Crippen LogP contribution in [0.3, 0.4) is 0 Å². The third kappa shape index (κ3) is 2.43. The fourth-order valence-corrected chi connectivity index (χ4v) is 2.85. The summed E-state index contributed by atoms with van der Waals surface area (Å²) in [4.78, 5) is 15.7. The molecule has 2 heterocycles. The summed E-state index contributed by atoms with van der Waals surface area (Å²) in [7, 11) is 0. The van der Waals surface area contributed by atoms with Gasteiger partial charge < -0.3 is 15.6 Å². The number of fused-ring (bicyclic) bond motifs is 1. The number of benzene rings is 1. The molecule has 1 amide bonds. The highest BCUT2D eigenvalue weighted by molar-refractivity contribution is 5.99. The quantitative estimate of drug-likeness (QED) is 0.785. The molecule has 0 saturated carbocycles. The molecule has 20 heavy (non-hydrogen) atoms. The van der Waals surface area contributed by atoms with Crippen molar-refractivity contribution in [2.24, 2.45) is 0 Å². The number of carbonyl (C=O) groups excluding carboxylic acids is 1. The molecule has 0 radical (unpaired) electrons. The summed E-state index contributed by atoms with van der Waals surface area (Å²) in [5, 5.41) is 7.56. The molecule has 1 atom stereocenters. The fraction of sp³-hybridized carbons (Fsp3) is 0.438. The fourth-order valence-electron chi connectivity index (χ4n) is 2.85. The second-order valence-electron chi connectivity index (χ2n) is 5.65. The van der Waals surface area contributed by atoms with Crippen molar-refractivity contribution in [2.75, 3.05) is 13.1 Å². The van der Waals surface area contributed by atoms with E-state index in [1.54, 1.807) is 0 Å². The molecular weight excluding hydrogens is 250 g/mol. The highest BCUT2D eigenvalue weighted by atomic mass is 16.1. The monoisotopic (exact) mass is 271 g/mol. The highest BCUT2D eigenvalue weighted by Crippen LogP contribution is 2.22. The van der Waals surface area contributed by atoms with Crippen molar-refractivity contribution >= 4 is 16.8 Å². The maximum atomic E-state index is 12.3. The molecule has 4 heteroatoms. The predicted molar refractivity (Wildman–Crippen MR) is 81.1 cm³/mol. The number of piperidine rings is 1. The summed E-state index contributed by atoms with van der Waals surface area (Å²) >= 11 is 0. The van der Waals surface area contributed by atoms with E-state index < -0.39 is 0 Å². The Morgan fingerprint density at radius 2 is 2.20 bits per heavy atom. The zero-order valence-electron chi connectivity index (χ0n) is 12.0. The van der Waals surface area contributed by atoms with Crippen LogP contribution in [0.4, 0.5) is 0 Å². The van der Waals surface area contributed by atoms with Gasteiger partial charge in [-0.1, -0.05) is 0 Å². The summed E-state index contributed by atoms with van der Waals surface area (Å²) in [6.07, 6.45) is 2.18. The van der Waals surface area contributed by atoms with Crippen LogP contribution in [-0.2, 0) is 0 Å². The summed E-state index contributed by atoms with van der Waals surface area (Å²) in [5.74, 6) is 0.0267. The molecule has 3 rings (SSSR count). The number of aromatic amines is 1. The third-order valence-electron chi connectivity index (χ3n) is 4.20. The first-order valence-electron chi connectivity index (χ1n) is 7.25. The molecule has 0 aliphatic carbocycles. The molecule has 3 N–H and O–H groups in total. The molecule has 1 aromatic heterocycles. The topological polar surface area (TPSA) is 56.9 Å². The van der Waals surface area contributed by atoms with Gasteiger partial charge in [0.1, 0.15) is 0 Å². The maximum absolute atomic E-state index is 12.3. The van der Waals surface area contributed by atoms with Gasteiger partial charge in [-0.3, -0.25) is 4.79 Å². The first-order chi connectivity index (χ1) is 9.65. The minimum absolute atomic E-state index is 0.0267. The van der Waals surface area contributed by atoms with Crippen LogP contribution in [0, 0.1) is 13.8 Å². The minimum Gasteiger partial charge on any atom is -0.358 e. The van der Waals surface area contributed by atoms with Gasteiger partial charge in [0.2, 0.25) is 0 Å². The van der Waals surface area contributed by atoms with Crippen LogP contribution >= 0.6 is 0 Å². The maximum Gasteiger partial charge on any atom is 0.251 e.